The van der Waals surface area contributed by atoms with Crippen LogP contribution in [0.4, 0.5) is 0 Å². The van der Waals surface area contributed by atoms with Crippen molar-refractivity contribution in [1.29, 1.82) is 0 Å². The molecule has 0 heterocycles. The zero-order valence-corrected chi connectivity index (χ0v) is 15.9. The molecule has 0 saturated carbocycles. The molecule has 3 aromatic rings. The number of carbonyl (C=O) groups is 1. The van der Waals surface area contributed by atoms with E-state index in [-0.39, 0.29) is 12.4 Å². The number of benzene rings is 3. The van der Waals surface area contributed by atoms with Gasteiger partial charge >= 0.3 is 0 Å². The van der Waals surface area contributed by atoms with Gasteiger partial charge in [0.15, 0.2) is 6.61 Å². The number of hydrazine groups is 1. The number of nitrogens with one attached hydrogen (secondary N) is 2. The summed E-state index contributed by atoms with van der Waals surface area (Å²) in [5.41, 5.74) is 4.60. The van der Waals surface area contributed by atoms with Crippen molar-refractivity contribution >= 4 is 15.9 Å². The molecule has 0 fully saturated rings. The molecule has 28 heavy (non-hydrogen) atoms. The van der Waals surface area contributed by atoms with Crippen molar-refractivity contribution in [1.82, 2.24) is 10.3 Å². The maximum Gasteiger partial charge on any atom is 0.272 e. The highest BCUT2D eigenvalue weighted by Gasteiger charge is 2.13. The lowest BCUT2D eigenvalue weighted by Gasteiger charge is -2.12. The Kier molecular flexibility index (Phi) is 6.41. The second-order valence-corrected chi connectivity index (χ2v) is 7.77. The second-order valence-electron chi connectivity index (χ2n) is 6.05. The summed E-state index contributed by atoms with van der Waals surface area (Å²) in [6, 6.07) is 25.7. The van der Waals surface area contributed by atoms with Crippen molar-refractivity contribution in [2.45, 2.75) is 5.75 Å². The predicted octanol–water partition coefficient (Wildman–Crippen LogP) is 2.88. The Balaban J connectivity index is 1.55. The number of sulfonamides is 1. The van der Waals surface area contributed by atoms with Gasteiger partial charge in [-0.25, -0.2) is 8.42 Å². The molecule has 0 radical (unpaired) electrons. The Labute approximate surface area is 164 Å². The maximum absolute atomic E-state index is 12.1. The summed E-state index contributed by atoms with van der Waals surface area (Å²) in [4.78, 5) is 14.1. The van der Waals surface area contributed by atoms with Gasteiger partial charge in [0.05, 0.1) is 5.75 Å². The summed E-state index contributed by atoms with van der Waals surface area (Å²) in [6.07, 6.45) is 0. The summed E-state index contributed by atoms with van der Waals surface area (Å²) in [7, 11) is -3.70. The second kappa shape index (κ2) is 9.16. The Morgan fingerprint density at radius 2 is 1.43 bits per heavy atom. The fraction of sp³-hybridized carbons (Fsp3) is 0.0952. The van der Waals surface area contributed by atoms with Gasteiger partial charge in [-0.05, 0) is 17.2 Å². The molecule has 0 unspecified atom stereocenters. The van der Waals surface area contributed by atoms with Crippen LogP contribution in [0.5, 0.6) is 5.75 Å². The lowest BCUT2D eigenvalue weighted by atomic mass is 10.1. The third-order valence-corrected chi connectivity index (χ3v) is 5.00. The lowest BCUT2D eigenvalue weighted by molar-refractivity contribution is -0.123. The summed E-state index contributed by atoms with van der Waals surface area (Å²) in [5.74, 6) is -0.290. The third-order valence-electron chi connectivity index (χ3n) is 3.88. The van der Waals surface area contributed by atoms with Crippen molar-refractivity contribution in [3.63, 3.8) is 0 Å². The molecule has 0 spiro atoms. The first-order valence-electron chi connectivity index (χ1n) is 8.63. The summed E-state index contributed by atoms with van der Waals surface area (Å²) in [5, 5.41) is 0. The molecule has 7 heteroatoms. The van der Waals surface area contributed by atoms with Gasteiger partial charge < -0.3 is 4.74 Å². The molecular weight excluding hydrogens is 376 g/mol. The van der Waals surface area contributed by atoms with Crippen LogP contribution in [0.15, 0.2) is 84.9 Å². The average Bonchev–Trinajstić information content (AvgIpc) is 2.72. The zero-order valence-electron chi connectivity index (χ0n) is 15.0. The molecular formula is C21H20N2O4S. The summed E-state index contributed by atoms with van der Waals surface area (Å²) in [6.45, 7) is -0.322. The van der Waals surface area contributed by atoms with Crippen molar-refractivity contribution in [3.05, 3.63) is 90.5 Å². The van der Waals surface area contributed by atoms with E-state index in [1.54, 1.807) is 36.4 Å². The summed E-state index contributed by atoms with van der Waals surface area (Å²) < 4.78 is 29.7. The van der Waals surface area contributed by atoms with E-state index in [1.807, 2.05) is 48.5 Å². The first kappa shape index (κ1) is 19.6. The number of rotatable bonds is 8. The van der Waals surface area contributed by atoms with Crippen LogP contribution in [0.25, 0.3) is 11.1 Å². The van der Waals surface area contributed by atoms with Crippen LogP contribution >= 0.6 is 0 Å². The van der Waals surface area contributed by atoms with E-state index >= 15 is 0 Å². The van der Waals surface area contributed by atoms with Crippen molar-refractivity contribution in [3.8, 4) is 16.9 Å². The Bertz CT molecular complexity index is 1020. The molecule has 144 valence electrons. The molecule has 0 aromatic heterocycles. The van der Waals surface area contributed by atoms with Gasteiger partial charge in [0, 0.05) is 5.56 Å². The van der Waals surface area contributed by atoms with Gasteiger partial charge in [0.2, 0.25) is 10.0 Å². The number of hydrogen-bond acceptors (Lipinski definition) is 4. The highest BCUT2D eigenvalue weighted by Crippen LogP contribution is 2.29. The summed E-state index contributed by atoms with van der Waals surface area (Å²) >= 11 is 0. The first-order chi connectivity index (χ1) is 13.5. The molecule has 0 aliphatic rings. The minimum absolute atomic E-state index is 0.230. The molecule has 6 nitrogen and oxygen atoms in total. The quantitative estimate of drug-likeness (QED) is 0.574. The number of amides is 1. The molecule has 2 N–H and O–H groups in total. The van der Waals surface area contributed by atoms with Crippen LogP contribution in [0.3, 0.4) is 0 Å². The fourth-order valence-electron chi connectivity index (χ4n) is 2.59. The van der Waals surface area contributed by atoms with E-state index in [9.17, 15) is 13.2 Å². The first-order valence-corrected chi connectivity index (χ1v) is 10.3. The molecule has 1 amide bonds. The lowest BCUT2D eigenvalue weighted by Crippen LogP contribution is -2.44. The van der Waals surface area contributed by atoms with Gasteiger partial charge in [-0.3, -0.25) is 10.2 Å². The molecule has 3 aromatic carbocycles. The van der Waals surface area contributed by atoms with E-state index in [4.69, 9.17) is 4.74 Å². The van der Waals surface area contributed by atoms with Crippen LogP contribution in [-0.4, -0.2) is 20.9 Å². The van der Waals surface area contributed by atoms with Crippen LogP contribution in [0.1, 0.15) is 5.56 Å². The van der Waals surface area contributed by atoms with Gasteiger partial charge in [-0.2, -0.15) is 0 Å². The molecule has 0 atom stereocenters. The number of ether oxygens (including phenoxy) is 1. The van der Waals surface area contributed by atoms with E-state index in [2.05, 4.69) is 10.3 Å². The molecule has 0 saturated heterocycles. The number of hydrogen-bond donors (Lipinski definition) is 2. The monoisotopic (exact) mass is 396 g/mol. The minimum Gasteiger partial charge on any atom is -0.483 e. The molecule has 0 aliphatic heterocycles. The number of para-hydroxylation sites is 1. The van der Waals surface area contributed by atoms with Crippen LogP contribution in [0, 0.1) is 0 Å². The highest BCUT2D eigenvalue weighted by atomic mass is 32.2. The largest absolute Gasteiger partial charge is 0.483 e. The number of carbonyl (C=O) groups excluding carboxylic acids is 1. The standard InChI is InChI=1S/C21H20N2O4S/c24-21(22-23-28(25,26)16-17-9-3-1-4-10-17)15-27-20-14-8-7-13-19(20)18-11-5-2-6-12-18/h1-14,23H,15-16H2,(H,22,24). The third kappa shape index (κ3) is 5.67. The SMILES string of the molecule is O=C(COc1ccccc1-c1ccccc1)NNS(=O)(=O)Cc1ccccc1. The average molecular weight is 396 g/mol. The highest BCUT2D eigenvalue weighted by molar-refractivity contribution is 7.88. The molecule has 3 rings (SSSR count). The van der Waals surface area contributed by atoms with Crippen LogP contribution < -0.4 is 15.0 Å². The van der Waals surface area contributed by atoms with Crippen LogP contribution in [-0.2, 0) is 20.6 Å². The topological polar surface area (TPSA) is 84.5 Å². The van der Waals surface area contributed by atoms with Gasteiger partial charge in [0.1, 0.15) is 5.75 Å². The normalized spacial score (nSPS) is 11.0. The van der Waals surface area contributed by atoms with Crippen molar-refractivity contribution in [2.24, 2.45) is 0 Å². The predicted molar refractivity (Wildman–Crippen MR) is 108 cm³/mol. The molecule has 0 aliphatic carbocycles. The Morgan fingerprint density at radius 1 is 0.821 bits per heavy atom. The van der Waals surface area contributed by atoms with Gasteiger partial charge in [0.25, 0.3) is 5.91 Å². The van der Waals surface area contributed by atoms with E-state index in [0.29, 0.717) is 11.3 Å². The van der Waals surface area contributed by atoms with Gasteiger partial charge in [-0.15, -0.1) is 4.83 Å². The maximum atomic E-state index is 12.1. The zero-order chi connectivity index (χ0) is 19.8. The fourth-order valence-corrected chi connectivity index (χ4v) is 3.57. The Morgan fingerprint density at radius 3 is 2.14 bits per heavy atom. The Hall–Kier alpha value is -3.16. The van der Waals surface area contributed by atoms with Crippen molar-refractivity contribution < 1.29 is 17.9 Å². The molecule has 0 bridgehead atoms. The van der Waals surface area contributed by atoms with E-state index in [1.165, 1.54) is 0 Å². The minimum atomic E-state index is -3.70. The van der Waals surface area contributed by atoms with Gasteiger partial charge in [-0.1, -0.05) is 78.9 Å². The van der Waals surface area contributed by atoms with E-state index < -0.39 is 15.9 Å². The van der Waals surface area contributed by atoms with Crippen molar-refractivity contribution in [2.75, 3.05) is 6.61 Å². The smallest absolute Gasteiger partial charge is 0.272 e. The van der Waals surface area contributed by atoms with Crippen LogP contribution in [0.2, 0.25) is 0 Å². The van der Waals surface area contributed by atoms with E-state index in [0.717, 1.165) is 11.1 Å².